The third kappa shape index (κ3) is 6.03. The lowest BCUT2D eigenvalue weighted by Crippen LogP contribution is -2.27. The highest BCUT2D eigenvalue weighted by molar-refractivity contribution is 7.14. The number of hydrogen-bond acceptors (Lipinski definition) is 5. The molecule has 1 aromatic heterocycles. The maximum absolute atomic E-state index is 12.3. The SMILES string of the molecule is CCc1ccc(CC(NC(C)=O)c2nnc(-c3ccc(OC(F)(F)F)cc3)s2)cc1. The third-order valence-electron chi connectivity index (χ3n) is 4.32. The van der Waals surface area contributed by atoms with E-state index in [9.17, 15) is 18.0 Å². The fourth-order valence-corrected chi connectivity index (χ4v) is 3.78. The minimum atomic E-state index is -4.74. The van der Waals surface area contributed by atoms with Crippen LogP contribution in [0, 0.1) is 0 Å². The number of nitrogens with one attached hydrogen (secondary N) is 1. The van der Waals surface area contributed by atoms with Crippen molar-refractivity contribution in [2.75, 3.05) is 0 Å². The molecule has 5 nitrogen and oxygen atoms in total. The number of amides is 1. The van der Waals surface area contributed by atoms with Crippen LogP contribution in [0.3, 0.4) is 0 Å². The first-order valence-corrected chi connectivity index (χ1v) is 10.1. The van der Waals surface area contributed by atoms with E-state index in [2.05, 4.69) is 39.3 Å². The van der Waals surface area contributed by atoms with Gasteiger partial charge >= 0.3 is 6.36 Å². The van der Waals surface area contributed by atoms with Gasteiger partial charge in [0.1, 0.15) is 15.8 Å². The largest absolute Gasteiger partial charge is 0.573 e. The molecule has 3 aromatic rings. The van der Waals surface area contributed by atoms with Gasteiger partial charge in [0.05, 0.1) is 6.04 Å². The molecule has 0 saturated heterocycles. The molecule has 0 bridgehead atoms. The average molecular weight is 435 g/mol. The maximum atomic E-state index is 12.3. The van der Waals surface area contributed by atoms with Crippen LogP contribution < -0.4 is 10.1 Å². The molecule has 1 atom stereocenters. The molecule has 0 aliphatic heterocycles. The van der Waals surface area contributed by atoms with Crippen LogP contribution in [-0.2, 0) is 17.6 Å². The Morgan fingerprint density at radius 1 is 1.07 bits per heavy atom. The van der Waals surface area contributed by atoms with Gasteiger partial charge in [-0.3, -0.25) is 4.79 Å². The van der Waals surface area contributed by atoms with Crippen LogP contribution in [-0.4, -0.2) is 22.5 Å². The second-order valence-electron chi connectivity index (χ2n) is 6.64. The van der Waals surface area contributed by atoms with Gasteiger partial charge in [0.25, 0.3) is 0 Å². The van der Waals surface area contributed by atoms with Crippen molar-refractivity contribution in [2.24, 2.45) is 0 Å². The number of halogens is 3. The summed E-state index contributed by atoms with van der Waals surface area (Å²) in [5, 5.41) is 12.4. The molecule has 2 aromatic carbocycles. The highest BCUT2D eigenvalue weighted by Crippen LogP contribution is 2.31. The molecule has 0 aliphatic rings. The van der Waals surface area contributed by atoms with Gasteiger partial charge in [0.15, 0.2) is 0 Å². The molecule has 0 fully saturated rings. The normalized spacial score (nSPS) is 12.4. The van der Waals surface area contributed by atoms with Crippen molar-refractivity contribution in [2.45, 2.75) is 39.1 Å². The van der Waals surface area contributed by atoms with Crippen molar-refractivity contribution in [3.63, 3.8) is 0 Å². The van der Waals surface area contributed by atoms with E-state index < -0.39 is 6.36 Å². The summed E-state index contributed by atoms with van der Waals surface area (Å²) in [7, 11) is 0. The predicted molar refractivity (Wildman–Crippen MR) is 108 cm³/mol. The van der Waals surface area contributed by atoms with Crippen LogP contribution in [0.4, 0.5) is 13.2 Å². The van der Waals surface area contributed by atoms with Crippen molar-refractivity contribution in [1.82, 2.24) is 15.5 Å². The van der Waals surface area contributed by atoms with Crippen molar-refractivity contribution >= 4 is 17.2 Å². The molecule has 1 unspecified atom stereocenters. The standard InChI is InChI=1S/C21H20F3N3O2S/c1-3-14-4-6-15(7-5-14)12-18(25-13(2)28)20-27-26-19(30-20)16-8-10-17(11-9-16)29-21(22,23)24/h4-11,18H,3,12H2,1-2H3,(H,25,28). The van der Waals surface area contributed by atoms with Crippen molar-refractivity contribution in [1.29, 1.82) is 0 Å². The molecule has 1 amide bonds. The first kappa shape index (κ1) is 21.8. The number of benzene rings is 2. The number of rotatable bonds is 7. The molecular weight excluding hydrogens is 415 g/mol. The molecule has 9 heteroatoms. The highest BCUT2D eigenvalue weighted by Gasteiger charge is 2.31. The number of carbonyl (C=O) groups is 1. The Hall–Kier alpha value is -2.94. The zero-order chi connectivity index (χ0) is 21.7. The molecule has 30 heavy (non-hydrogen) atoms. The maximum Gasteiger partial charge on any atom is 0.573 e. The molecule has 0 saturated carbocycles. The van der Waals surface area contributed by atoms with Gasteiger partial charge in [-0.1, -0.05) is 42.5 Å². The van der Waals surface area contributed by atoms with E-state index in [0.29, 0.717) is 22.0 Å². The molecular formula is C21H20F3N3O2S. The molecule has 1 heterocycles. The van der Waals surface area contributed by atoms with Gasteiger partial charge in [-0.2, -0.15) is 0 Å². The number of ether oxygens (including phenoxy) is 1. The lowest BCUT2D eigenvalue weighted by atomic mass is 10.0. The van der Waals surface area contributed by atoms with Crippen molar-refractivity contribution < 1.29 is 22.7 Å². The van der Waals surface area contributed by atoms with Gasteiger partial charge in [-0.15, -0.1) is 23.4 Å². The van der Waals surface area contributed by atoms with E-state index in [1.165, 1.54) is 48.1 Å². The van der Waals surface area contributed by atoms with Crippen LogP contribution in [0.25, 0.3) is 10.6 Å². The summed E-state index contributed by atoms with van der Waals surface area (Å²) in [4.78, 5) is 11.7. The van der Waals surface area contributed by atoms with Gasteiger partial charge in [-0.25, -0.2) is 0 Å². The molecule has 1 N–H and O–H groups in total. The fraction of sp³-hybridized carbons (Fsp3) is 0.286. The summed E-state index contributed by atoms with van der Waals surface area (Å²) in [5.74, 6) is -0.488. The van der Waals surface area contributed by atoms with Gasteiger partial charge in [-0.05, 0) is 48.2 Å². The topological polar surface area (TPSA) is 64.1 Å². The minimum Gasteiger partial charge on any atom is -0.406 e. The fourth-order valence-electron chi connectivity index (χ4n) is 2.88. The Balaban J connectivity index is 1.78. The van der Waals surface area contributed by atoms with Gasteiger partial charge < -0.3 is 10.1 Å². The number of nitrogens with zero attached hydrogens (tertiary/aromatic N) is 2. The van der Waals surface area contributed by atoms with Crippen LogP contribution >= 0.6 is 11.3 Å². The Bertz CT molecular complexity index is 986. The summed E-state index contributed by atoms with van der Waals surface area (Å²) in [6.45, 7) is 3.52. The monoisotopic (exact) mass is 435 g/mol. The summed E-state index contributed by atoms with van der Waals surface area (Å²) in [5.41, 5.74) is 2.89. The Labute approximate surface area is 175 Å². The van der Waals surface area contributed by atoms with Crippen LogP contribution in [0.15, 0.2) is 48.5 Å². The van der Waals surface area contributed by atoms with E-state index in [-0.39, 0.29) is 17.7 Å². The second-order valence-corrected chi connectivity index (χ2v) is 7.65. The van der Waals surface area contributed by atoms with E-state index in [0.717, 1.165) is 12.0 Å². The summed E-state index contributed by atoms with van der Waals surface area (Å²) < 4.78 is 40.8. The van der Waals surface area contributed by atoms with E-state index in [1.807, 2.05) is 12.1 Å². The lowest BCUT2D eigenvalue weighted by Gasteiger charge is -2.15. The first-order valence-electron chi connectivity index (χ1n) is 9.28. The number of aryl methyl sites for hydroxylation is 1. The van der Waals surface area contributed by atoms with E-state index in [1.54, 1.807) is 0 Å². The summed E-state index contributed by atoms with van der Waals surface area (Å²) in [6.07, 6.45) is -3.24. The number of carbonyl (C=O) groups excluding carboxylic acids is 1. The Morgan fingerprint density at radius 2 is 1.70 bits per heavy atom. The number of aromatic nitrogens is 2. The van der Waals surface area contributed by atoms with Crippen LogP contribution in [0.1, 0.15) is 36.0 Å². The smallest absolute Gasteiger partial charge is 0.406 e. The highest BCUT2D eigenvalue weighted by atomic mass is 32.1. The zero-order valence-electron chi connectivity index (χ0n) is 16.4. The molecule has 0 spiro atoms. The van der Waals surface area contributed by atoms with Crippen LogP contribution in [0.2, 0.25) is 0 Å². The summed E-state index contributed by atoms with van der Waals surface area (Å²) >= 11 is 1.28. The number of hydrogen-bond donors (Lipinski definition) is 1. The van der Waals surface area contributed by atoms with Crippen molar-refractivity contribution in [3.8, 4) is 16.3 Å². The average Bonchev–Trinajstić information content (AvgIpc) is 3.17. The zero-order valence-corrected chi connectivity index (χ0v) is 17.2. The molecule has 3 rings (SSSR count). The van der Waals surface area contributed by atoms with Crippen LogP contribution in [0.5, 0.6) is 5.75 Å². The predicted octanol–water partition coefficient (Wildman–Crippen LogP) is 5.09. The van der Waals surface area contributed by atoms with Crippen molar-refractivity contribution in [3.05, 3.63) is 64.7 Å². The number of alkyl halides is 3. The summed E-state index contributed by atoms with van der Waals surface area (Å²) in [6, 6.07) is 13.2. The minimum absolute atomic E-state index is 0.185. The lowest BCUT2D eigenvalue weighted by molar-refractivity contribution is -0.274. The van der Waals surface area contributed by atoms with E-state index >= 15 is 0 Å². The molecule has 158 valence electrons. The van der Waals surface area contributed by atoms with Gasteiger partial charge in [0.2, 0.25) is 5.91 Å². The quantitative estimate of drug-likeness (QED) is 0.562. The second kappa shape index (κ2) is 9.25. The molecule has 0 aliphatic carbocycles. The molecule has 0 radical (unpaired) electrons. The third-order valence-corrected chi connectivity index (χ3v) is 5.41. The first-order chi connectivity index (χ1) is 14.2. The Kier molecular flexibility index (Phi) is 6.71. The van der Waals surface area contributed by atoms with Gasteiger partial charge in [0, 0.05) is 12.5 Å². The van der Waals surface area contributed by atoms with E-state index in [4.69, 9.17) is 0 Å². The Morgan fingerprint density at radius 3 is 2.27 bits per heavy atom.